The zero-order valence-corrected chi connectivity index (χ0v) is 3.49. The van der Waals surface area contributed by atoms with Gasteiger partial charge in [0.15, 0.2) is 0 Å². The van der Waals surface area contributed by atoms with Gasteiger partial charge >= 0.3 is 0 Å². The van der Waals surface area contributed by atoms with Crippen LogP contribution in [-0.2, 0) is 19.5 Å². The average Bonchev–Trinajstić information content (AvgIpc) is 0.918. The van der Waals surface area contributed by atoms with Gasteiger partial charge in [-0.1, -0.05) is 0 Å². The van der Waals surface area contributed by atoms with Gasteiger partial charge in [0.1, 0.15) is 0 Å². The van der Waals surface area contributed by atoms with E-state index < -0.39 is 0 Å². The first-order valence-electron chi connectivity index (χ1n) is 0.447. The number of nitrogens with zero attached hydrogens (tertiary/aromatic N) is 1. The summed E-state index contributed by atoms with van der Waals surface area (Å²) in [4.78, 5) is 0. The summed E-state index contributed by atoms with van der Waals surface area (Å²) in [5.41, 5.74) is 0. The van der Waals surface area contributed by atoms with Crippen molar-refractivity contribution in [1.82, 2.24) is 0 Å². The Bertz CT molecular complexity index is 29.5. The second-order valence-corrected chi connectivity index (χ2v) is 0.100. The van der Waals surface area contributed by atoms with Crippen molar-refractivity contribution in [2.45, 2.75) is 0 Å². The molecule has 0 saturated carbocycles. The Labute approximate surface area is 36.8 Å². The van der Waals surface area contributed by atoms with Gasteiger partial charge in [-0.15, -0.1) is 0 Å². The Morgan fingerprint density at radius 3 is 1.75 bits per heavy atom. The fourth-order valence-electron chi connectivity index (χ4n) is 0. The van der Waals surface area contributed by atoms with Crippen LogP contribution < -0.4 is 0 Å². The van der Waals surface area contributed by atoms with Gasteiger partial charge < -0.3 is 5.11 Å². The molecule has 0 spiro atoms. The Kier molecular flexibility index (Phi) is 29.0. The molecule has 0 atom stereocenters. The standard InChI is InChI=1S/CHNO.Ru/c2-1-3;/h3H;. The van der Waals surface area contributed by atoms with Crippen molar-refractivity contribution in [2.24, 2.45) is 0 Å². The number of nitriles is 1. The summed E-state index contributed by atoms with van der Waals surface area (Å²) in [6.07, 6.45) is 0.750. The topological polar surface area (TPSA) is 44.0 Å². The summed E-state index contributed by atoms with van der Waals surface area (Å²) in [7, 11) is 0. The Morgan fingerprint density at radius 1 is 1.75 bits per heavy atom. The normalized spacial score (nSPS) is 1.75. The van der Waals surface area contributed by atoms with Gasteiger partial charge in [-0.05, 0) is 0 Å². The molecule has 0 saturated heterocycles. The summed E-state index contributed by atoms with van der Waals surface area (Å²) in [6.45, 7) is 0. The van der Waals surface area contributed by atoms with Crippen molar-refractivity contribution in [3.63, 3.8) is 0 Å². The number of hydrogen-bond donors (Lipinski definition) is 1. The molecule has 3 heteroatoms. The molecule has 0 aromatic heterocycles. The minimum atomic E-state index is 0. The maximum atomic E-state index is 6.88. The Balaban J connectivity index is 0. The number of aliphatic hydroxyl groups is 1. The molecular formula is CHNORu. The first-order valence-corrected chi connectivity index (χ1v) is 0.447. The molecule has 0 aliphatic heterocycles. The maximum absolute atomic E-state index is 6.88. The van der Waals surface area contributed by atoms with Crippen LogP contribution in [-0.4, -0.2) is 5.11 Å². The average molecular weight is 144 g/mol. The predicted molar refractivity (Wildman–Crippen MR) is 7.55 cm³/mol. The quantitative estimate of drug-likeness (QED) is 0.379. The smallest absolute Gasteiger partial charge is 0.283 e. The third-order valence-electron chi connectivity index (χ3n) is 0. The first-order chi connectivity index (χ1) is 1.41. The van der Waals surface area contributed by atoms with Crippen LogP contribution in [0.5, 0.6) is 0 Å². The number of aliphatic hydroxyl groups excluding tert-OH is 1. The van der Waals surface area contributed by atoms with Crippen molar-refractivity contribution < 1.29 is 24.6 Å². The molecule has 24 valence electrons. The summed E-state index contributed by atoms with van der Waals surface area (Å²) in [5.74, 6) is 0. The fraction of sp³-hybridized carbons (Fsp3) is 0. The van der Waals surface area contributed by atoms with Gasteiger partial charge in [0.2, 0.25) is 0 Å². The predicted octanol–water partition coefficient (Wildman–Crippen LogP) is -0.163. The zero-order valence-electron chi connectivity index (χ0n) is 1.75. The second-order valence-electron chi connectivity index (χ2n) is 0.100. The van der Waals surface area contributed by atoms with Gasteiger partial charge in [0, 0.05) is 19.5 Å². The van der Waals surface area contributed by atoms with Crippen molar-refractivity contribution >= 4 is 0 Å². The van der Waals surface area contributed by atoms with Crippen LogP contribution in [0.25, 0.3) is 0 Å². The van der Waals surface area contributed by atoms with Gasteiger partial charge in [0.05, 0.1) is 0 Å². The van der Waals surface area contributed by atoms with Crippen molar-refractivity contribution in [2.75, 3.05) is 0 Å². The van der Waals surface area contributed by atoms with E-state index in [2.05, 4.69) is 0 Å². The van der Waals surface area contributed by atoms with Crippen LogP contribution in [0.1, 0.15) is 0 Å². The van der Waals surface area contributed by atoms with Crippen LogP contribution in [0.3, 0.4) is 0 Å². The van der Waals surface area contributed by atoms with Gasteiger partial charge in [-0.25, -0.2) is 0 Å². The molecular weight excluding hydrogens is 143 g/mol. The third-order valence-corrected chi connectivity index (χ3v) is 0. The molecule has 4 heavy (non-hydrogen) atoms. The Morgan fingerprint density at radius 2 is 1.75 bits per heavy atom. The van der Waals surface area contributed by atoms with Gasteiger partial charge in [-0.2, -0.15) is 5.26 Å². The monoisotopic (exact) mass is 145 g/mol. The molecule has 0 bridgehead atoms. The Hall–Kier alpha value is -0.0866. The minimum absolute atomic E-state index is 0. The van der Waals surface area contributed by atoms with E-state index in [-0.39, 0.29) is 19.5 Å². The van der Waals surface area contributed by atoms with Crippen LogP contribution in [0.2, 0.25) is 0 Å². The van der Waals surface area contributed by atoms with E-state index in [0.717, 1.165) is 6.26 Å². The largest absolute Gasteiger partial charge is 0.443 e. The van der Waals surface area contributed by atoms with Crippen LogP contribution in [0.15, 0.2) is 0 Å². The van der Waals surface area contributed by atoms with Crippen molar-refractivity contribution in [3.05, 3.63) is 0 Å². The summed E-state index contributed by atoms with van der Waals surface area (Å²) in [6, 6.07) is 0. The first kappa shape index (κ1) is 9.07. The number of hydrogen-bond acceptors (Lipinski definition) is 2. The molecule has 0 amide bonds. The molecule has 0 rings (SSSR count). The summed E-state index contributed by atoms with van der Waals surface area (Å²) >= 11 is 0. The van der Waals surface area contributed by atoms with Crippen LogP contribution in [0.4, 0.5) is 0 Å². The molecule has 0 aromatic rings. The fourth-order valence-corrected chi connectivity index (χ4v) is 0. The molecule has 0 heterocycles. The maximum Gasteiger partial charge on any atom is 0.283 e. The molecule has 0 unspecified atom stereocenters. The zero-order chi connectivity index (χ0) is 2.71. The molecule has 0 aliphatic rings. The van der Waals surface area contributed by atoms with E-state index in [0.29, 0.717) is 0 Å². The van der Waals surface area contributed by atoms with Crippen molar-refractivity contribution in [1.29, 1.82) is 5.26 Å². The number of rotatable bonds is 0. The molecule has 0 fully saturated rings. The van der Waals surface area contributed by atoms with E-state index in [1.807, 2.05) is 0 Å². The summed E-state index contributed by atoms with van der Waals surface area (Å²) in [5, 5.41) is 13.8. The van der Waals surface area contributed by atoms with Crippen LogP contribution in [0, 0.1) is 11.5 Å². The van der Waals surface area contributed by atoms with Gasteiger partial charge in [0.25, 0.3) is 6.26 Å². The molecule has 2 nitrogen and oxygen atoms in total. The molecule has 0 radical (unpaired) electrons. The van der Waals surface area contributed by atoms with E-state index in [4.69, 9.17) is 10.4 Å². The van der Waals surface area contributed by atoms with Crippen molar-refractivity contribution in [3.8, 4) is 6.26 Å². The molecule has 0 aromatic carbocycles. The van der Waals surface area contributed by atoms with E-state index in [9.17, 15) is 0 Å². The van der Waals surface area contributed by atoms with E-state index in [1.165, 1.54) is 0 Å². The minimum Gasteiger partial charge on any atom is -0.443 e. The summed E-state index contributed by atoms with van der Waals surface area (Å²) < 4.78 is 0. The third kappa shape index (κ3) is 213. The SMILES string of the molecule is N#CO.[Ru]. The van der Waals surface area contributed by atoms with E-state index >= 15 is 0 Å². The molecule has 1 N–H and O–H groups in total. The van der Waals surface area contributed by atoms with E-state index in [1.54, 1.807) is 0 Å². The molecule has 0 aliphatic carbocycles. The van der Waals surface area contributed by atoms with Gasteiger partial charge in [-0.3, -0.25) is 0 Å². The van der Waals surface area contributed by atoms with Crippen LogP contribution >= 0.6 is 0 Å². The second kappa shape index (κ2) is 12.8.